The van der Waals surface area contributed by atoms with Gasteiger partial charge in [-0.05, 0) is 53.6 Å². The van der Waals surface area contributed by atoms with Crippen LogP contribution in [0.4, 0.5) is 0 Å². The maximum absolute atomic E-state index is 13.9. The smallest absolute Gasteiger partial charge is 0.232 e. The Bertz CT molecular complexity index is 1800. The Morgan fingerprint density at radius 2 is 1.78 bits per heavy atom. The lowest BCUT2D eigenvalue weighted by atomic mass is 9.64. The average Bonchev–Trinajstić information content (AvgIpc) is 3.58. The second-order valence-corrected chi connectivity index (χ2v) is 7.60. The van der Waals surface area contributed by atoms with Gasteiger partial charge < -0.3 is 15.4 Å². The molecule has 1 atom stereocenters. The lowest BCUT2D eigenvalue weighted by Gasteiger charge is -2.37. The molecule has 4 heteroatoms. The number of amides is 1. The van der Waals surface area contributed by atoms with Crippen molar-refractivity contribution in [1.82, 2.24) is 4.90 Å². The van der Waals surface area contributed by atoms with Gasteiger partial charge in [0.1, 0.15) is 11.2 Å². The Balaban J connectivity index is 1.64. The number of hydrogen-bond acceptors (Lipinski definition) is 3. The first-order valence-corrected chi connectivity index (χ1v) is 10.1. The lowest BCUT2D eigenvalue weighted by Crippen LogP contribution is -2.49. The minimum atomic E-state index is -2.89. The van der Waals surface area contributed by atoms with E-state index in [1.54, 1.807) is 4.90 Å². The minimum absolute atomic E-state index is 0.0130. The summed E-state index contributed by atoms with van der Waals surface area (Å²) in [4.78, 5) is 15.6. The van der Waals surface area contributed by atoms with Crippen LogP contribution in [0.15, 0.2) is 78.6 Å². The van der Waals surface area contributed by atoms with Crippen LogP contribution in [-0.2, 0) is 23.0 Å². The highest BCUT2D eigenvalue weighted by Crippen LogP contribution is 2.43. The summed E-state index contributed by atoms with van der Waals surface area (Å²) < 4.78 is 147. The fraction of sp³-hybridized carbons (Fsp3) is 0.321. The van der Waals surface area contributed by atoms with Crippen LogP contribution in [-0.4, -0.2) is 37.0 Å². The summed E-state index contributed by atoms with van der Waals surface area (Å²) in [6, 6.07) is -9.83. The summed E-state index contributed by atoms with van der Waals surface area (Å²) in [5.74, 6) is -2.96. The molecule has 0 bridgehead atoms. The van der Waals surface area contributed by atoms with E-state index in [0.29, 0.717) is 0 Å². The SMILES string of the molecule is [2H]c1c([2H])c([2H])c(C(C(N)=O)(c2c([2H])c([2H])c([2H])c([2H])c2[2H])[C@@H]2CCN(CCc3c([2H])c([2H])c4c(c3[2H])C([2H])([2H])C([2H])([2H])O4)C2)c([2H])c1[2H]. The molecule has 0 radical (unpaired) electrons. The zero-order chi connectivity index (χ0) is 36.9. The fourth-order valence-electron chi connectivity index (χ4n) is 4.39. The topological polar surface area (TPSA) is 55.6 Å². The second kappa shape index (κ2) is 8.79. The number of nitrogens with zero attached hydrogens (tertiary/aromatic N) is 1. The molecule has 5 rings (SSSR count). The normalized spacial score (nSPS) is 29.0. The van der Waals surface area contributed by atoms with Crippen LogP contribution in [0.2, 0.25) is 0 Å². The van der Waals surface area contributed by atoms with Gasteiger partial charge in [0.15, 0.2) is 0 Å². The van der Waals surface area contributed by atoms with Crippen LogP contribution in [0.25, 0.3) is 0 Å². The molecule has 2 aliphatic rings. The van der Waals surface area contributed by atoms with Crippen LogP contribution in [0, 0.1) is 5.92 Å². The van der Waals surface area contributed by atoms with E-state index in [9.17, 15) is 4.79 Å². The predicted octanol–water partition coefficient (Wildman–Crippen LogP) is 3.96. The Morgan fingerprint density at radius 3 is 2.44 bits per heavy atom. The van der Waals surface area contributed by atoms with Crippen molar-refractivity contribution in [3.63, 3.8) is 0 Å². The highest BCUT2D eigenvalue weighted by Gasteiger charge is 2.49. The summed E-state index contributed by atoms with van der Waals surface area (Å²) >= 11 is 0. The third-order valence-electron chi connectivity index (χ3n) is 5.90. The van der Waals surface area contributed by atoms with E-state index in [1.165, 1.54) is 0 Å². The number of benzene rings is 3. The number of carbonyl (C=O) groups is 1. The molecule has 1 fully saturated rings. The molecule has 0 aromatic heterocycles. The van der Waals surface area contributed by atoms with E-state index in [4.69, 9.17) is 33.8 Å². The van der Waals surface area contributed by atoms with E-state index in [-0.39, 0.29) is 38.0 Å². The van der Waals surface area contributed by atoms with E-state index in [1.807, 2.05) is 0 Å². The molecule has 2 N–H and O–H groups in total. The first-order valence-electron chi connectivity index (χ1n) is 18.6. The van der Waals surface area contributed by atoms with Crippen LogP contribution in [0.3, 0.4) is 0 Å². The van der Waals surface area contributed by atoms with Crippen molar-refractivity contribution in [2.75, 3.05) is 26.2 Å². The van der Waals surface area contributed by atoms with Gasteiger partial charge in [0.05, 0.1) is 27.1 Å². The molecule has 32 heavy (non-hydrogen) atoms. The van der Waals surface area contributed by atoms with Crippen molar-refractivity contribution in [1.29, 1.82) is 0 Å². The van der Waals surface area contributed by atoms with Crippen molar-refractivity contribution in [3.05, 3.63) is 101 Å². The number of likely N-dealkylation sites (tertiary alicyclic amines) is 1. The number of fused-ring (bicyclic) bond motifs is 1. The monoisotopic (exact) mass is 443 g/mol. The van der Waals surface area contributed by atoms with Crippen LogP contribution >= 0.6 is 0 Å². The van der Waals surface area contributed by atoms with Crippen molar-refractivity contribution >= 4 is 5.91 Å². The van der Waals surface area contributed by atoms with Gasteiger partial charge in [-0.15, -0.1) is 0 Å². The largest absolute Gasteiger partial charge is 0.493 e. The summed E-state index contributed by atoms with van der Waals surface area (Å²) in [6.07, 6.45) is -2.92. The molecule has 0 spiro atoms. The Labute approximate surface area is 213 Å². The maximum Gasteiger partial charge on any atom is 0.232 e. The number of rotatable bonds is 7. The van der Waals surface area contributed by atoms with Gasteiger partial charge >= 0.3 is 0 Å². The van der Waals surface area contributed by atoms with Crippen LogP contribution < -0.4 is 10.5 Å². The van der Waals surface area contributed by atoms with Gasteiger partial charge in [-0.25, -0.2) is 0 Å². The third kappa shape index (κ3) is 3.69. The summed E-state index contributed by atoms with van der Waals surface area (Å²) in [7, 11) is 0. The second-order valence-electron chi connectivity index (χ2n) is 7.60. The van der Waals surface area contributed by atoms with Crippen LogP contribution in [0.1, 0.15) is 52.0 Å². The summed E-state index contributed by atoms with van der Waals surface area (Å²) in [5.41, 5.74) is 1.66. The zero-order valence-electron chi connectivity index (χ0n) is 34.0. The van der Waals surface area contributed by atoms with Gasteiger partial charge in [-0.1, -0.05) is 72.5 Å². The minimum Gasteiger partial charge on any atom is -0.493 e. The molecular weight excluding hydrogens is 396 g/mol. The molecule has 2 heterocycles. The predicted molar refractivity (Wildman–Crippen MR) is 127 cm³/mol. The van der Waals surface area contributed by atoms with Gasteiger partial charge in [0, 0.05) is 22.2 Å². The number of hydrogen-bond donors (Lipinski definition) is 1. The van der Waals surface area contributed by atoms with Crippen LogP contribution in [0.5, 0.6) is 5.75 Å². The van der Waals surface area contributed by atoms with Crippen molar-refractivity contribution < 1.29 is 32.8 Å². The van der Waals surface area contributed by atoms with Gasteiger partial charge in [0.25, 0.3) is 0 Å². The zero-order valence-corrected chi connectivity index (χ0v) is 17.0. The molecule has 2 aliphatic heterocycles. The van der Waals surface area contributed by atoms with Crippen molar-refractivity contribution in [2.24, 2.45) is 11.7 Å². The number of primary amides is 1. The molecule has 0 saturated carbocycles. The highest BCUT2D eigenvalue weighted by atomic mass is 16.5. The number of ether oxygens (including phenoxy) is 1. The molecule has 0 unspecified atom stereocenters. The third-order valence-corrected chi connectivity index (χ3v) is 5.90. The van der Waals surface area contributed by atoms with Crippen molar-refractivity contribution in [3.8, 4) is 5.75 Å². The maximum atomic E-state index is 13.9. The standard InChI is InChI=1S/C28H30N2O2/c29-27(31)28(23-7-3-1-4-8-23,24-9-5-2-6-10-24)25-14-17-30(20-25)16-13-21-11-12-26-22(19-21)15-18-32-26/h1-12,19,25H,13-18,20H2,(H2,29,31)/t25-/m1/s1/i1D,2D,3D,4D,5D,6D,7D,8D,9D,10D,11D,12D,15D2,18D2,19D. The molecule has 164 valence electrons. The first kappa shape index (κ1) is 9.03. The van der Waals surface area contributed by atoms with Gasteiger partial charge in [0.2, 0.25) is 5.91 Å². The molecule has 1 amide bonds. The lowest BCUT2D eigenvalue weighted by molar-refractivity contribution is -0.123. The Morgan fingerprint density at radius 1 is 1.09 bits per heavy atom. The average molecular weight is 444 g/mol. The molecule has 3 aromatic rings. The molecular formula is C28H30N2O2. The number of nitrogens with two attached hydrogens (primary N) is 1. The fourth-order valence-corrected chi connectivity index (χ4v) is 4.39. The van der Waals surface area contributed by atoms with E-state index in [2.05, 4.69) is 0 Å². The molecule has 1 saturated heterocycles. The summed E-state index contributed by atoms with van der Waals surface area (Å²) in [6.45, 7) is -2.87. The summed E-state index contributed by atoms with van der Waals surface area (Å²) in [5, 5.41) is 0. The van der Waals surface area contributed by atoms with Crippen molar-refractivity contribution in [2.45, 2.75) is 24.6 Å². The van der Waals surface area contributed by atoms with Gasteiger partial charge in [-0.2, -0.15) is 0 Å². The van der Waals surface area contributed by atoms with E-state index < -0.39 is 131 Å². The molecule has 0 aliphatic carbocycles. The van der Waals surface area contributed by atoms with Gasteiger partial charge in [-0.3, -0.25) is 4.79 Å². The highest BCUT2D eigenvalue weighted by molar-refractivity contribution is 5.91. The molecule has 4 nitrogen and oxygen atoms in total. The Kier molecular flexibility index (Phi) is 2.48. The number of carbonyl (C=O) groups excluding carboxylic acids is 1. The van der Waals surface area contributed by atoms with E-state index in [0.717, 1.165) is 0 Å². The Hall–Kier alpha value is -3.11. The first-order chi connectivity index (χ1) is 22.6. The quantitative estimate of drug-likeness (QED) is 0.601. The molecule has 3 aromatic carbocycles. The van der Waals surface area contributed by atoms with E-state index >= 15 is 0 Å².